The molecule has 0 radical (unpaired) electrons. The van der Waals surface area contributed by atoms with Gasteiger partial charge in [-0.1, -0.05) is 11.6 Å². The largest absolute Gasteiger partial charge is 0.504 e. The fraction of sp³-hybridized carbons (Fsp3) is 0.538. The van der Waals surface area contributed by atoms with Gasteiger partial charge in [-0.3, -0.25) is 0 Å². The number of phenols is 1. The second-order valence-electron chi connectivity index (χ2n) is 6.08. The van der Waals surface area contributed by atoms with Crippen LogP contribution < -0.4 is 5.46 Å². The van der Waals surface area contributed by atoms with Gasteiger partial charge in [-0.2, -0.15) is 13.2 Å². The Bertz CT molecular complexity index is 600. The smallest absolute Gasteiger partial charge is 0.498 e. The molecule has 0 amide bonds. The van der Waals surface area contributed by atoms with Crippen LogP contribution >= 0.6 is 11.6 Å². The standard InChI is InChI=1S/C13H14BClF4O3/c1-11(2)12(3,4)22-14(21-11)7-5-6(13(17,18)19)8(15)10(20)9(7)16/h5,20H,1-4H3. The molecule has 0 aliphatic carbocycles. The van der Waals surface area contributed by atoms with E-state index in [2.05, 4.69) is 0 Å². The molecule has 0 aromatic heterocycles. The van der Waals surface area contributed by atoms with E-state index in [1.54, 1.807) is 27.7 Å². The molecule has 122 valence electrons. The Balaban J connectivity index is 2.56. The summed E-state index contributed by atoms with van der Waals surface area (Å²) in [7, 11) is -1.38. The predicted octanol–water partition coefficient (Wildman–Crippen LogP) is 3.50. The third kappa shape index (κ3) is 2.68. The van der Waals surface area contributed by atoms with Gasteiger partial charge in [0.25, 0.3) is 0 Å². The Morgan fingerprint density at radius 1 is 1.14 bits per heavy atom. The maximum Gasteiger partial charge on any atom is 0.498 e. The highest BCUT2D eigenvalue weighted by Crippen LogP contribution is 2.41. The van der Waals surface area contributed by atoms with Gasteiger partial charge in [0.15, 0.2) is 11.6 Å². The van der Waals surface area contributed by atoms with Gasteiger partial charge in [0, 0.05) is 5.46 Å². The molecule has 1 aliphatic rings. The zero-order valence-corrected chi connectivity index (χ0v) is 13.1. The molecule has 1 aromatic carbocycles. The minimum absolute atomic E-state index is 0.500. The van der Waals surface area contributed by atoms with Crippen molar-refractivity contribution in [3.63, 3.8) is 0 Å². The van der Waals surface area contributed by atoms with Crippen molar-refractivity contribution in [3.05, 3.63) is 22.5 Å². The molecule has 1 saturated heterocycles. The van der Waals surface area contributed by atoms with Crippen LogP contribution in [-0.2, 0) is 15.5 Å². The van der Waals surface area contributed by atoms with Crippen molar-refractivity contribution in [2.24, 2.45) is 0 Å². The molecule has 1 fully saturated rings. The highest BCUT2D eigenvalue weighted by Gasteiger charge is 2.53. The third-order valence-electron chi connectivity index (χ3n) is 4.02. The van der Waals surface area contributed by atoms with Crippen molar-refractivity contribution in [2.45, 2.75) is 45.1 Å². The molecule has 1 heterocycles. The van der Waals surface area contributed by atoms with E-state index in [1.165, 1.54) is 0 Å². The summed E-state index contributed by atoms with van der Waals surface area (Å²) in [5, 5.41) is 8.44. The van der Waals surface area contributed by atoms with Gasteiger partial charge in [-0.15, -0.1) is 0 Å². The van der Waals surface area contributed by atoms with Gasteiger partial charge in [-0.25, -0.2) is 4.39 Å². The molecule has 1 N–H and O–H groups in total. The SMILES string of the molecule is CC1(C)OB(c2cc(C(F)(F)F)c(Cl)c(O)c2F)OC1(C)C. The summed E-state index contributed by atoms with van der Waals surface area (Å²) in [6.07, 6.45) is -4.85. The first-order valence-electron chi connectivity index (χ1n) is 6.41. The van der Waals surface area contributed by atoms with Crippen molar-refractivity contribution >= 4 is 24.2 Å². The molecule has 0 atom stereocenters. The van der Waals surface area contributed by atoms with Crippen LogP contribution in [0.2, 0.25) is 5.02 Å². The molecule has 0 spiro atoms. The van der Waals surface area contributed by atoms with E-state index in [0.29, 0.717) is 6.07 Å². The summed E-state index contributed by atoms with van der Waals surface area (Å²) in [4.78, 5) is 0. The quantitative estimate of drug-likeness (QED) is 0.628. The van der Waals surface area contributed by atoms with Crippen molar-refractivity contribution in [2.75, 3.05) is 0 Å². The maximum absolute atomic E-state index is 14.1. The van der Waals surface area contributed by atoms with Crippen LogP contribution in [0.1, 0.15) is 33.3 Å². The number of hydrogen-bond acceptors (Lipinski definition) is 3. The molecule has 9 heteroatoms. The Labute approximate surface area is 130 Å². The molecule has 0 saturated carbocycles. The minimum atomic E-state index is -4.85. The lowest BCUT2D eigenvalue weighted by atomic mass is 9.77. The first kappa shape index (κ1) is 17.4. The maximum atomic E-state index is 14.1. The van der Waals surface area contributed by atoms with Crippen LogP contribution in [0.3, 0.4) is 0 Å². The molecule has 3 nitrogen and oxygen atoms in total. The molecule has 1 aromatic rings. The molecular weight excluding hydrogens is 326 g/mol. The topological polar surface area (TPSA) is 38.7 Å². The van der Waals surface area contributed by atoms with Gasteiger partial charge < -0.3 is 14.4 Å². The van der Waals surface area contributed by atoms with Crippen LogP contribution in [0.5, 0.6) is 5.75 Å². The van der Waals surface area contributed by atoms with E-state index >= 15 is 0 Å². The first-order valence-corrected chi connectivity index (χ1v) is 6.79. The molecule has 0 unspecified atom stereocenters. The highest BCUT2D eigenvalue weighted by atomic mass is 35.5. The summed E-state index contributed by atoms with van der Waals surface area (Å²) in [5.74, 6) is -2.57. The monoisotopic (exact) mass is 340 g/mol. The molecule has 2 rings (SSSR count). The lowest BCUT2D eigenvalue weighted by Crippen LogP contribution is -2.41. The van der Waals surface area contributed by atoms with E-state index in [1.807, 2.05) is 0 Å². The van der Waals surface area contributed by atoms with Crippen LogP contribution in [0.25, 0.3) is 0 Å². The first-order chi connectivity index (χ1) is 9.78. The van der Waals surface area contributed by atoms with E-state index in [9.17, 15) is 22.7 Å². The lowest BCUT2D eigenvalue weighted by Gasteiger charge is -2.32. The number of halogens is 5. The molecule has 1 aliphatic heterocycles. The van der Waals surface area contributed by atoms with Gasteiger partial charge in [0.2, 0.25) is 0 Å². The average Bonchev–Trinajstić information content (AvgIpc) is 2.54. The second kappa shape index (κ2) is 5.01. The van der Waals surface area contributed by atoms with E-state index in [4.69, 9.17) is 20.9 Å². The van der Waals surface area contributed by atoms with Crippen molar-refractivity contribution < 1.29 is 32.0 Å². The number of aromatic hydroxyl groups is 1. The number of hydrogen-bond donors (Lipinski definition) is 1. The zero-order valence-electron chi connectivity index (χ0n) is 12.3. The Hall–Kier alpha value is -0.985. The van der Waals surface area contributed by atoms with Crippen LogP contribution in [0.4, 0.5) is 17.6 Å². The van der Waals surface area contributed by atoms with Crippen LogP contribution in [-0.4, -0.2) is 23.4 Å². The highest BCUT2D eigenvalue weighted by molar-refractivity contribution is 6.62. The fourth-order valence-corrected chi connectivity index (χ4v) is 2.24. The normalized spacial score (nSPS) is 20.5. The van der Waals surface area contributed by atoms with Gasteiger partial charge in [-0.05, 0) is 33.8 Å². The summed E-state index contributed by atoms with van der Waals surface area (Å²) < 4.78 is 63.9. The van der Waals surface area contributed by atoms with Gasteiger partial charge >= 0.3 is 13.3 Å². The number of benzene rings is 1. The van der Waals surface area contributed by atoms with Crippen LogP contribution in [0, 0.1) is 5.82 Å². The number of phenolic OH excluding ortho intramolecular Hbond substituents is 1. The predicted molar refractivity (Wildman–Crippen MR) is 73.8 cm³/mol. The average molecular weight is 341 g/mol. The Kier molecular flexibility index (Phi) is 3.95. The van der Waals surface area contributed by atoms with Crippen molar-refractivity contribution in [3.8, 4) is 5.75 Å². The fourth-order valence-electron chi connectivity index (χ4n) is 1.99. The molecule has 22 heavy (non-hydrogen) atoms. The van der Waals surface area contributed by atoms with Crippen molar-refractivity contribution in [1.82, 2.24) is 0 Å². The minimum Gasteiger partial charge on any atom is -0.504 e. The number of alkyl halides is 3. The van der Waals surface area contributed by atoms with Crippen LogP contribution in [0.15, 0.2) is 6.07 Å². The molecular formula is C13H14BClF4O3. The lowest BCUT2D eigenvalue weighted by molar-refractivity contribution is -0.137. The third-order valence-corrected chi connectivity index (χ3v) is 4.40. The summed E-state index contributed by atoms with van der Waals surface area (Å²) in [5.41, 5.74) is -3.62. The van der Waals surface area contributed by atoms with E-state index in [0.717, 1.165) is 0 Å². The zero-order chi connectivity index (χ0) is 17.1. The second-order valence-corrected chi connectivity index (χ2v) is 6.45. The van der Waals surface area contributed by atoms with E-state index < -0.39 is 52.1 Å². The van der Waals surface area contributed by atoms with Crippen molar-refractivity contribution in [1.29, 1.82) is 0 Å². The molecule has 0 bridgehead atoms. The van der Waals surface area contributed by atoms with E-state index in [-0.39, 0.29) is 0 Å². The Morgan fingerprint density at radius 3 is 2.00 bits per heavy atom. The Morgan fingerprint density at radius 2 is 1.59 bits per heavy atom. The van der Waals surface area contributed by atoms with Gasteiger partial charge in [0.05, 0.1) is 21.8 Å². The van der Waals surface area contributed by atoms with Gasteiger partial charge in [0.1, 0.15) is 0 Å². The summed E-state index contributed by atoms with van der Waals surface area (Å²) in [6.45, 7) is 6.69. The summed E-state index contributed by atoms with van der Waals surface area (Å²) >= 11 is 5.38. The summed E-state index contributed by atoms with van der Waals surface area (Å²) in [6, 6.07) is 0.500. The number of rotatable bonds is 1.